The van der Waals surface area contributed by atoms with E-state index in [1.165, 1.54) is 18.4 Å². The van der Waals surface area contributed by atoms with Crippen molar-refractivity contribution < 1.29 is 0 Å². The highest BCUT2D eigenvalue weighted by atomic mass is 15.0. The molecule has 0 aromatic carbocycles. The Morgan fingerprint density at radius 2 is 2.29 bits per heavy atom. The van der Waals surface area contributed by atoms with E-state index in [0.717, 1.165) is 11.4 Å². The van der Waals surface area contributed by atoms with Crippen molar-refractivity contribution in [2.75, 3.05) is 5.32 Å². The van der Waals surface area contributed by atoms with Crippen molar-refractivity contribution in [2.24, 2.45) is 5.73 Å². The summed E-state index contributed by atoms with van der Waals surface area (Å²) in [6.45, 7) is 4.07. The predicted octanol–water partition coefficient (Wildman–Crippen LogP) is 1.98. The first-order valence-corrected chi connectivity index (χ1v) is 5.15. The smallest absolute Gasteiger partial charge is 0.126 e. The Bertz CT molecular complexity index is 329. The van der Waals surface area contributed by atoms with E-state index in [1.807, 2.05) is 13.1 Å². The highest BCUT2D eigenvalue weighted by Gasteiger charge is 2.21. The van der Waals surface area contributed by atoms with E-state index in [0.29, 0.717) is 6.04 Å². The average Bonchev–Trinajstić information content (AvgIpc) is 2.87. The summed E-state index contributed by atoms with van der Waals surface area (Å²) >= 11 is 0. The summed E-state index contributed by atoms with van der Waals surface area (Å²) in [7, 11) is 0. The first-order chi connectivity index (χ1) is 6.66. The van der Waals surface area contributed by atoms with E-state index >= 15 is 0 Å². The summed E-state index contributed by atoms with van der Waals surface area (Å²) < 4.78 is 0. The van der Waals surface area contributed by atoms with Crippen molar-refractivity contribution >= 4 is 5.82 Å². The molecule has 1 aliphatic rings. The number of aromatic nitrogens is 1. The summed E-state index contributed by atoms with van der Waals surface area (Å²) in [5.74, 6) is 0.981. The fourth-order valence-corrected chi connectivity index (χ4v) is 1.56. The summed E-state index contributed by atoms with van der Waals surface area (Å²) in [5, 5.41) is 3.37. The van der Waals surface area contributed by atoms with Gasteiger partial charge in [0.05, 0.1) is 0 Å². The van der Waals surface area contributed by atoms with Gasteiger partial charge < -0.3 is 11.1 Å². The van der Waals surface area contributed by atoms with Gasteiger partial charge in [0.25, 0.3) is 0 Å². The Hall–Kier alpha value is -1.09. The van der Waals surface area contributed by atoms with Gasteiger partial charge in [-0.2, -0.15) is 0 Å². The zero-order chi connectivity index (χ0) is 10.1. The fraction of sp³-hybridized carbons (Fsp3) is 0.545. The van der Waals surface area contributed by atoms with Crippen LogP contribution in [0.2, 0.25) is 0 Å². The molecule has 0 amide bonds. The van der Waals surface area contributed by atoms with E-state index in [9.17, 15) is 0 Å². The molecule has 0 unspecified atom stereocenters. The standard InChI is InChI=1S/C11H17N3/c1-7-5-11(14-9-3-4-9)13-6-10(7)8(2)12/h5-6,8-9H,3-4,12H2,1-2H3,(H,13,14)/t8-/m1/s1. The van der Waals surface area contributed by atoms with E-state index in [-0.39, 0.29) is 6.04 Å². The quantitative estimate of drug-likeness (QED) is 0.768. The summed E-state index contributed by atoms with van der Waals surface area (Å²) in [6.07, 6.45) is 4.43. The second-order valence-electron chi connectivity index (χ2n) is 4.13. The van der Waals surface area contributed by atoms with Gasteiger partial charge in [0.1, 0.15) is 5.82 Å². The van der Waals surface area contributed by atoms with Gasteiger partial charge in [-0.25, -0.2) is 4.98 Å². The van der Waals surface area contributed by atoms with E-state index in [2.05, 4.69) is 23.3 Å². The molecule has 3 nitrogen and oxygen atoms in total. The minimum Gasteiger partial charge on any atom is -0.367 e. The second-order valence-corrected chi connectivity index (χ2v) is 4.13. The van der Waals surface area contributed by atoms with Crippen LogP contribution in [0.5, 0.6) is 0 Å². The maximum absolute atomic E-state index is 5.82. The average molecular weight is 191 g/mol. The molecular formula is C11H17N3. The summed E-state index contributed by atoms with van der Waals surface area (Å²) in [5.41, 5.74) is 8.17. The number of nitrogens with zero attached hydrogens (tertiary/aromatic N) is 1. The molecule has 14 heavy (non-hydrogen) atoms. The lowest BCUT2D eigenvalue weighted by Crippen LogP contribution is -2.09. The maximum atomic E-state index is 5.82. The number of rotatable bonds is 3. The summed E-state index contributed by atoms with van der Waals surface area (Å²) in [4.78, 5) is 4.35. The van der Waals surface area contributed by atoms with Crippen LogP contribution in [0.1, 0.15) is 36.9 Å². The fourth-order valence-electron chi connectivity index (χ4n) is 1.56. The molecule has 3 heteroatoms. The SMILES string of the molecule is Cc1cc(NC2CC2)ncc1[C@@H](C)N. The molecule has 0 radical (unpaired) electrons. The molecule has 0 aliphatic heterocycles. The van der Waals surface area contributed by atoms with E-state index < -0.39 is 0 Å². The number of hydrogen-bond donors (Lipinski definition) is 2. The first kappa shape index (κ1) is 9.46. The van der Waals surface area contributed by atoms with Gasteiger partial charge in [-0.15, -0.1) is 0 Å². The van der Waals surface area contributed by atoms with Gasteiger partial charge in [-0.1, -0.05) is 0 Å². The zero-order valence-electron chi connectivity index (χ0n) is 8.75. The Morgan fingerprint density at radius 1 is 1.57 bits per heavy atom. The maximum Gasteiger partial charge on any atom is 0.126 e. The van der Waals surface area contributed by atoms with Crippen LogP contribution in [0.25, 0.3) is 0 Å². The van der Waals surface area contributed by atoms with Crippen molar-refractivity contribution in [1.82, 2.24) is 4.98 Å². The number of anilines is 1. The monoisotopic (exact) mass is 191 g/mol. The molecule has 1 aromatic rings. The Labute approximate surface area is 84.7 Å². The predicted molar refractivity (Wildman–Crippen MR) is 58.2 cm³/mol. The second kappa shape index (κ2) is 3.58. The molecule has 0 saturated heterocycles. The molecule has 1 saturated carbocycles. The molecule has 76 valence electrons. The number of pyridine rings is 1. The Kier molecular flexibility index (Phi) is 2.42. The van der Waals surface area contributed by atoms with Crippen LogP contribution in [0.15, 0.2) is 12.3 Å². The van der Waals surface area contributed by atoms with Gasteiger partial charge >= 0.3 is 0 Å². The van der Waals surface area contributed by atoms with Crippen LogP contribution in [-0.4, -0.2) is 11.0 Å². The molecule has 1 aliphatic carbocycles. The molecule has 1 atom stereocenters. The molecular weight excluding hydrogens is 174 g/mol. The number of hydrogen-bond acceptors (Lipinski definition) is 3. The molecule has 1 fully saturated rings. The van der Waals surface area contributed by atoms with Gasteiger partial charge in [0, 0.05) is 18.3 Å². The zero-order valence-corrected chi connectivity index (χ0v) is 8.75. The van der Waals surface area contributed by atoms with Gasteiger partial charge in [-0.3, -0.25) is 0 Å². The highest BCUT2D eigenvalue weighted by Crippen LogP contribution is 2.25. The van der Waals surface area contributed by atoms with Crippen LogP contribution < -0.4 is 11.1 Å². The lowest BCUT2D eigenvalue weighted by atomic mass is 10.1. The van der Waals surface area contributed by atoms with Crippen LogP contribution in [0.3, 0.4) is 0 Å². The largest absolute Gasteiger partial charge is 0.367 e. The normalized spacial score (nSPS) is 17.9. The molecule has 0 spiro atoms. The minimum atomic E-state index is 0.0671. The first-order valence-electron chi connectivity index (χ1n) is 5.15. The van der Waals surface area contributed by atoms with Crippen LogP contribution in [0, 0.1) is 6.92 Å². The van der Waals surface area contributed by atoms with Gasteiger partial charge in [0.2, 0.25) is 0 Å². The van der Waals surface area contributed by atoms with E-state index in [4.69, 9.17) is 5.73 Å². The van der Waals surface area contributed by atoms with Crippen molar-refractivity contribution in [3.63, 3.8) is 0 Å². The molecule has 1 aromatic heterocycles. The third-order valence-corrected chi connectivity index (χ3v) is 2.57. The molecule has 1 heterocycles. The lowest BCUT2D eigenvalue weighted by molar-refractivity contribution is 0.803. The van der Waals surface area contributed by atoms with Gasteiger partial charge in [0.15, 0.2) is 0 Å². The lowest BCUT2D eigenvalue weighted by Gasteiger charge is -2.11. The summed E-state index contributed by atoms with van der Waals surface area (Å²) in [6, 6.07) is 2.80. The topological polar surface area (TPSA) is 50.9 Å². The van der Waals surface area contributed by atoms with Crippen molar-refractivity contribution in [3.8, 4) is 0 Å². The number of nitrogens with one attached hydrogen (secondary N) is 1. The van der Waals surface area contributed by atoms with Crippen molar-refractivity contribution in [2.45, 2.75) is 38.8 Å². The van der Waals surface area contributed by atoms with E-state index in [1.54, 1.807) is 0 Å². The molecule has 0 bridgehead atoms. The third kappa shape index (κ3) is 2.04. The third-order valence-electron chi connectivity index (χ3n) is 2.57. The molecule has 3 N–H and O–H groups in total. The van der Waals surface area contributed by atoms with Crippen LogP contribution >= 0.6 is 0 Å². The van der Waals surface area contributed by atoms with Crippen LogP contribution in [0.4, 0.5) is 5.82 Å². The molecule has 2 rings (SSSR count). The van der Waals surface area contributed by atoms with Crippen LogP contribution in [-0.2, 0) is 0 Å². The Morgan fingerprint density at radius 3 is 2.79 bits per heavy atom. The number of aryl methyl sites for hydroxylation is 1. The minimum absolute atomic E-state index is 0.0671. The Balaban J connectivity index is 2.16. The highest BCUT2D eigenvalue weighted by molar-refractivity contribution is 5.43. The van der Waals surface area contributed by atoms with Gasteiger partial charge in [-0.05, 0) is 43.9 Å². The number of nitrogens with two attached hydrogens (primary N) is 1. The van der Waals surface area contributed by atoms with Crippen molar-refractivity contribution in [1.29, 1.82) is 0 Å². The van der Waals surface area contributed by atoms with Crippen molar-refractivity contribution in [3.05, 3.63) is 23.4 Å².